The maximum Gasteiger partial charge on any atom is 0.387 e. The van der Waals surface area contributed by atoms with Gasteiger partial charge in [0.15, 0.2) is 0 Å². The monoisotopic (exact) mass is 295 g/mol. The van der Waals surface area contributed by atoms with Gasteiger partial charge in [-0.2, -0.15) is 13.9 Å². The second-order valence-electron chi connectivity index (χ2n) is 4.22. The van der Waals surface area contributed by atoms with E-state index in [0.717, 1.165) is 6.54 Å². The summed E-state index contributed by atoms with van der Waals surface area (Å²) in [6.45, 7) is -0.0691. The van der Waals surface area contributed by atoms with Crippen LogP contribution in [-0.2, 0) is 13.1 Å². The van der Waals surface area contributed by atoms with Crippen molar-refractivity contribution in [2.45, 2.75) is 26.6 Å². The number of aromatic nitrogens is 2. The number of aryl methyl sites for hydroxylation is 1. The molecule has 1 aromatic heterocycles. The van der Waals surface area contributed by atoms with E-state index in [1.165, 1.54) is 18.2 Å². The lowest BCUT2D eigenvalue weighted by atomic mass is 10.2. The first-order valence-corrected chi connectivity index (χ1v) is 6.44. The van der Waals surface area contributed by atoms with Crippen LogP contribution in [0.5, 0.6) is 5.75 Å². The number of carbonyl (C=O) groups is 1. The van der Waals surface area contributed by atoms with Gasteiger partial charge in [-0.3, -0.25) is 9.48 Å². The van der Waals surface area contributed by atoms with Gasteiger partial charge in [0.1, 0.15) is 5.75 Å². The van der Waals surface area contributed by atoms with Crippen molar-refractivity contribution in [1.82, 2.24) is 15.1 Å². The van der Waals surface area contributed by atoms with E-state index < -0.39 is 12.5 Å². The molecular formula is C14H15F2N3O2. The van der Waals surface area contributed by atoms with Gasteiger partial charge in [-0.15, -0.1) is 0 Å². The third-order valence-corrected chi connectivity index (χ3v) is 2.80. The first-order chi connectivity index (χ1) is 10.1. The fourth-order valence-corrected chi connectivity index (χ4v) is 1.79. The molecule has 112 valence electrons. The molecule has 0 aliphatic carbocycles. The predicted octanol–water partition coefficient (Wildman–Crippen LogP) is 2.43. The summed E-state index contributed by atoms with van der Waals surface area (Å²) in [6.07, 6.45) is 1.80. The fraction of sp³-hybridized carbons (Fsp3) is 0.286. The topological polar surface area (TPSA) is 56.2 Å². The Labute approximate surface area is 120 Å². The molecule has 0 fully saturated rings. The molecule has 2 rings (SSSR count). The highest BCUT2D eigenvalue weighted by Gasteiger charge is 2.15. The molecule has 2 aromatic rings. The minimum Gasteiger partial charge on any atom is -0.434 e. The third-order valence-electron chi connectivity index (χ3n) is 2.80. The summed E-state index contributed by atoms with van der Waals surface area (Å²) in [5.41, 5.74) is 0.755. The van der Waals surface area contributed by atoms with Gasteiger partial charge < -0.3 is 10.1 Å². The summed E-state index contributed by atoms with van der Waals surface area (Å²) in [5, 5.41) is 6.84. The van der Waals surface area contributed by atoms with Crippen molar-refractivity contribution >= 4 is 5.91 Å². The van der Waals surface area contributed by atoms with Crippen molar-refractivity contribution in [1.29, 1.82) is 0 Å². The Morgan fingerprint density at radius 1 is 1.38 bits per heavy atom. The number of nitrogens with zero attached hydrogens (tertiary/aromatic N) is 2. The third kappa shape index (κ3) is 4.01. The molecule has 1 aromatic carbocycles. The lowest BCUT2D eigenvalue weighted by Gasteiger charge is -2.10. The van der Waals surface area contributed by atoms with Gasteiger partial charge in [-0.05, 0) is 25.1 Å². The standard InChI is InChI=1S/C14H15F2N3O2/c1-2-19-8-7-10(18-19)9-17-13(20)11-5-3-4-6-12(11)21-14(15)16/h3-8,14H,2,9H2,1H3,(H,17,20). The number of alkyl halides is 2. The number of hydrogen-bond donors (Lipinski definition) is 1. The minimum atomic E-state index is -2.97. The van der Waals surface area contributed by atoms with Crippen LogP contribution in [-0.4, -0.2) is 22.3 Å². The van der Waals surface area contributed by atoms with E-state index in [1.54, 1.807) is 23.0 Å². The molecule has 0 aliphatic heterocycles. The second kappa shape index (κ2) is 6.83. The van der Waals surface area contributed by atoms with Gasteiger partial charge in [-0.25, -0.2) is 0 Å². The predicted molar refractivity (Wildman–Crippen MR) is 72.1 cm³/mol. The van der Waals surface area contributed by atoms with Crippen LogP contribution in [0.2, 0.25) is 0 Å². The summed E-state index contributed by atoms with van der Waals surface area (Å²) in [6, 6.07) is 7.65. The summed E-state index contributed by atoms with van der Waals surface area (Å²) in [5.74, 6) is -0.638. The van der Waals surface area contributed by atoms with Crippen LogP contribution in [0.25, 0.3) is 0 Å². The number of carbonyl (C=O) groups excluding carboxylic acids is 1. The van der Waals surface area contributed by atoms with Gasteiger partial charge in [-0.1, -0.05) is 12.1 Å². The number of ether oxygens (including phenoxy) is 1. The number of hydrogen-bond acceptors (Lipinski definition) is 3. The van der Waals surface area contributed by atoms with E-state index in [9.17, 15) is 13.6 Å². The van der Waals surface area contributed by atoms with Crippen molar-refractivity contribution in [3.8, 4) is 5.75 Å². The van der Waals surface area contributed by atoms with Gasteiger partial charge in [0.25, 0.3) is 5.91 Å². The smallest absolute Gasteiger partial charge is 0.387 e. The fourth-order valence-electron chi connectivity index (χ4n) is 1.79. The lowest BCUT2D eigenvalue weighted by molar-refractivity contribution is -0.0501. The van der Waals surface area contributed by atoms with Crippen LogP contribution < -0.4 is 10.1 Å². The van der Waals surface area contributed by atoms with Crippen LogP contribution in [0, 0.1) is 0 Å². The SMILES string of the molecule is CCn1ccc(CNC(=O)c2ccccc2OC(F)F)n1. The van der Waals surface area contributed by atoms with Crippen LogP contribution in [0.1, 0.15) is 23.0 Å². The van der Waals surface area contributed by atoms with Crippen LogP contribution >= 0.6 is 0 Å². The average Bonchev–Trinajstić information content (AvgIpc) is 2.93. The van der Waals surface area contributed by atoms with Crippen LogP contribution in [0.15, 0.2) is 36.5 Å². The van der Waals surface area contributed by atoms with Crippen molar-refractivity contribution < 1.29 is 18.3 Å². The number of benzene rings is 1. The highest BCUT2D eigenvalue weighted by atomic mass is 19.3. The first-order valence-electron chi connectivity index (χ1n) is 6.44. The number of halogens is 2. The number of nitrogens with one attached hydrogen (secondary N) is 1. The number of rotatable bonds is 6. The molecule has 7 heteroatoms. The van der Waals surface area contributed by atoms with Crippen molar-refractivity contribution in [3.05, 3.63) is 47.8 Å². The van der Waals surface area contributed by atoms with Crippen molar-refractivity contribution in [3.63, 3.8) is 0 Å². The Balaban J connectivity index is 2.03. The van der Waals surface area contributed by atoms with Crippen LogP contribution in [0.3, 0.4) is 0 Å². The quantitative estimate of drug-likeness (QED) is 0.890. The van der Waals surface area contributed by atoms with E-state index in [1.807, 2.05) is 6.92 Å². The Kier molecular flexibility index (Phi) is 4.86. The van der Waals surface area contributed by atoms with Crippen LogP contribution in [0.4, 0.5) is 8.78 Å². The van der Waals surface area contributed by atoms with Gasteiger partial charge in [0, 0.05) is 12.7 Å². The molecular weight excluding hydrogens is 280 g/mol. The molecule has 21 heavy (non-hydrogen) atoms. The highest BCUT2D eigenvalue weighted by molar-refractivity contribution is 5.96. The minimum absolute atomic E-state index is 0.0627. The van der Waals surface area contributed by atoms with E-state index in [2.05, 4.69) is 15.2 Å². The molecule has 0 saturated heterocycles. The van der Waals surface area contributed by atoms with Crippen molar-refractivity contribution in [2.24, 2.45) is 0 Å². The molecule has 5 nitrogen and oxygen atoms in total. The highest BCUT2D eigenvalue weighted by Crippen LogP contribution is 2.20. The molecule has 0 radical (unpaired) electrons. The molecule has 1 heterocycles. The van der Waals surface area contributed by atoms with E-state index in [0.29, 0.717) is 5.69 Å². The summed E-state index contributed by atoms with van der Waals surface area (Å²) >= 11 is 0. The average molecular weight is 295 g/mol. The van der Waals surface area contributed by atoms with Gasteiger partial charge in [0.05, 0.1) is 17.8 Å². The summed E-state index contributed by atoms with van der Waals surface area (Å²) in [7, 11) is 0. The first kappa shape index (κ1) is 15.0. The summed E-state index contributed by atoms with van der Waals surface area (Å²) in [4.78, 5) is 12.0. The molecule has 0 saturated carbocycles. The molecule has 0 bridgehead atoms. The summed E-state index contributed by atoms with van der Waals surface area (Å²) < 4.78 is 30.6. The van der Waals surface area contributed by atoms with Crippen molar-refractivity contribution in [2.75, 3.05) is 0 Å². The molecule has 1 amide bonds. The Morgan fingerprint density at radius 2 is 2.14 bits per heavy atom. The van der Waals surface area contributed by atoms with Gasteiger partial charge >= 0.3 is 6.61 Å². The molecule has 0 unspecified atom stereocenters. The number of amides is 1. The molecule has 0 aliphatic rings. The van der Waals surface area contributed by atoms with E-state index >= 15 is 0 Å². The van der Waals surface area contributed by atoms with E-state index in [4.69, 9.17) is 0 Å². The normalized spacial score (nSPS) is 10.7. The largest absolute Gasteiger partial charge is 0.434 e. The zero-order valence-electron chi connectivity index (χ0n) is 11.4. The Hall–Kier alpha value is -2.44. The zero-order chi connectivity index (χ0) is 15.2. The molecule has 1 N–H and O–H groups in total. The maximum atomic E-state index is 12.3. The molecule has 0 spiro atoms. The maximum absolute atomic E-state index is 12.3. The Bertz CT molecular complexity index is 614. The zero-order valence-corrected chi connectivity index (χ0v) is 11.4. The Morgan fingerprint density at radius 3 is 2.81 bits per heavy atom. The lowest BCUT2D eigenvalue weighted by Crippen LogP contribution is -2.24. The second-order valence-corrected chi connectivity index (χ2v) is 4.22. The van der Waals surface area contributed by atoms with E-state index in [-0.39, 0.29) is 17.9 Å². The number of para-hydroxylation sites is 1. The molecule has 0 atom stereocenters. The van der Waals surface area contributed by atoms with Gasteiger partial charge in [0.2, 0.25) is 0 Å².